The van der Waals surface area contributed by atoms with Crippen LogP contribution in [0.15, 0.2) is 24.3 Å². The highest BCUT2D eigenvalue weighted by molar-refractivity contribution is 5.38. The maximum absolute atomic E-state index is 6.06. The predicted molar refractivity (Wildman–Crippen MR) is 86.6 cm³/mol. The zero-order valence-electron chi connectivity index (χ0n) is 13.7. The third-order valence-corrected chi connectivity index (χ3v) is 5.43. The molecule has 3 rings (SSSR count). The number of likely N-dealkylation sites (N-methyl/N-ethyl adjacent to an activating group) is 1. The molecule has 3 nitrogen and oxygen atoms in total. The first kappa shape index (κ1) is 14.9. The summed E-state index contributed by atoms with van der Waals surface area (Å²) in [4.78, 5) is 2.68. The monoisotopic (exact) mass is 288 g/mol. The lowest BCUT2D eigenvalue weighted by Crippen LogP contribution is -2.57. The van der Waals surface area contributed by atoms with Crippen LogP contribution in [0.2, 0.25) is 0 Å². The molecule has 5 unspecified atom stereocenters. The Bertz CT molecular complexity index is 490. The van der Waals surface area contributed by atoms with Crippen LogP contribution in [0, 0.1) is 11.8 Å². The van der Waals surface area contributed by atoms with Gasteiger partial charge in [0, 0.05) is 18.2 Å². The van der Waals surface area contributed by atoms with Crippen molar-refractivity contribution in [3.8, 4) is 5.75 Å². The molecule has 0 spiro atoms. The van der Waals surface area contributed by atoms with E-state index in [1.165, 1.54) is 18.5 Å². The largest absolute Gasteiger partial charge is 0.492 e. The molecule has 1 aromatic carbocycles. The Kier molecular flexibility index (Phi) is 4.23. The molecule has 0 aliphatic carbocycles. The number of nitrogens with one attached hydrogen (secondary N) is 1. The summed E-state index contributed by atoms with van der Waals surface area (Å²) in [6, 6.07) is 9.85. The van der Waals surface area contributed by atoms with Gasteiger partial charge in [-0.15, -0.1) is 0 Å². The fourth-order valence-corrected chi connectivity index (χ4v) is 4.18. The summed E-state index contributed by atoms with van der Waals surface area (Å²) in [6.45, 7) is 9.11. The molecular formula is C18H28N2O. The highest BCUT2D eigenvalue weighted by Crippen LogP contribution is 2.37. The third-order valence-electron chi connectivity index (χ3n) is 5.43. The quantitative estimate of drug-likeness (QED) is 0.905. The van der Waals surface area contributed by atoms with Crippen molar-refractivity contribution < 1.29 is 4.74 Å². The van der Waals surface area contributed by atoms with Gasteiger partial charge in [0.25, 0.3) is 0 Å². The number of likely N-dealkylation sites (tertiary alicyclic amines) is 1. The van der Waals surface area contributed by atoms with Crippen molar-refractivity contribution in [3.05, 3.63) is 29.8 Å². The molecule has 2 heterocycles. The van der Waals surface area contributed by atoms with Crippen LogP contribution in [0.25, 0.3) is 0 Å². The maximum Gasteiger partial charge on any atom is 0.124 e. The number of rotatable bonds is 2. The first-order chi connectivity index (χ1) is 10.1. The topological polar surface area (TPSA) is 24.5 Å². The minimum Gasteiger partial charge on any atom is -0.492 e. The second kappa shape index (κ2) is 5.98. The lowest BCUT2D eigenvalue weighted by Gasteiger charge is -2.49. The van der Waals surface area contributed by atoms with Crippen LogP contribution in [-0.4, -0.2) is 37.2 Å². The van der Waals surface area contributed by atoms with Crippen LogP contribution in [-0.2, 0) is 0 Å². The van der Waals surface area contributed by atoms with Gasteiger partial charge in [0.05, 0.1) is 12.1 Å². The number of piperidine rings is 1. The molecule has 116 valence electrons. The van der Waals surface area contributed by atoms with Crippen molar-refractivity contribution in [2.75, 3.05) is 20.2 Å². The summed E-state index contributed by atoms with van der Waals surface area (Å²) in [5, 5.41) is 3.54. The SMILES string of the molecule is CNC1c2ccccc2OCC1N1CC(C)CC(C)C1C. The van der Waals surface area contributed by atoms with Gasteiger partial charge in [-0.3, -0.25) is 4.90 Å². The van der Waals surface area contributed by atoms with Gasteiger partial charge in [-0.25, -0.2) is 0 Å². The Labute approximate surface area is 128 Å². The lowest BCUT2D eigenvalue weighted by molar-refractivity contribution is -0.00171. The fourth-order valence-electron chi connectivity index (χ4n) is 4.18. The number of para-hydroxylation sites is 1. The van der Waals surface area contributed by atoms with Crippen molar-refractivity contribution in [1.82, 2.24) is 10.2 Å². The van der Waals surface area contributed by atoms with E-state index < -0.39 is 0 Å². The van der Waals surface area contributed by atoms with Crippen molar-refractivity contribution >= 4 is 0 Å². The van der Waals surface area contributed by atoms with Gasteiger partial charge in [0.1, 0.15) is 12.4 Å². The Morgan fingerprint density at radius 3 is 2.71 bits per heavy atom. The molecule has 0 saturated carbocycles. The van der Waals surface area contributed by atoms with Gasteiger partial charge in [-0.05, 0) is 38.3 Å². The van der Waals surface area contributed by atoms with Crippen LogP contribution in [0.4, 0.5) is 0 Å². The normalized spacial score (nSPS) is 36.9. The van der Waals surface area contributed by atoms with E-state index in [0.717, 1.165) is 24.2 Å². The zero-order valence-corrected chi connectivity index (χ0v) is 13.7. The first-order valence-corrected chi connectivity index (χ1v) is 8.26. The van der Waals surface area contributed by atoms with Gasteiger partial charge < -0.3 is 10.1 Å². The maximum atomic E-state index is 6.06. The number of benzene rings is 1. The number of ether oxygens (including phenoxy) is 1. The summed E-state index contributed by atoms with van der Waals surface area (Å²) in [7, 11) is 2.07. The molecular weight excluding hydrogens is 260 g/mol. The molecule has 0 aromatic heterocycles. The van der Waals surface area contributed by atoms with E-state index in [2.05, 4.69) is 62.3 Å². The van der Waals surface area contributed by atoms with Crippen LogP contribution in [0.3, 0.4) is 0 Å². The number of nitrogens with zero attached hydrogens (tertiary/aromatic N) is 1. The van der Waals surface area contributed by atoms with Gasteiger partial charge >= 0.3 is 0 Å². The van der Waals surface area contributed by atoms with E-state index in [9.17, 15) is 0 Å². The average Bonchev–Trinajstić information content (AvgIpc) is 2.49. The molecule has 0 radical (unpaired) electrons. The van der Waals surface area contributed by atoms with Gasteiger partial charge in [0.15, 0.2) is 0 Å². The first-order valence-electron chi connectivity index (χ1n) is 8.26. The summed E-state index contributed by atoms with van der Waals surface area (Å²) in [6.07, 6.45) is 1.34. The number of fused-ring (bicyclic) bond motifs is 1. The van der Waals surface area contributed by atoms with Crippen molar-refractivity contribution in [3.63, 3.8) is 0 Å². The molecule has 2 aliphatic heterocycles. The summed E-state index contributed by atoms with van der Waals surface area (Å²) < 4.78 is 6.06. The second-order valence-electron chi connectivity index (χ2n) is 6.94. The van der Waals surface area contributed by atoms with Crippen LogP contribution in [0.5, 0.6) is 5.75 Å². The zero-order chi connectivity index (χ0) is 15.0. The smallest absolute Gasteiger partial charge is 0.124 e. The molecule has 1 fully saturated rings. The van der Waals surface area contributed by atoms with Crippen molar-refractivity contribution in [2.45, 2.75) is 45.3 Å². The van der Waals surface area contributed by atoms with Crippen LogP contribution >= 0.6 is 0 Å². The standard InChI is InChI=1S/C18H28N2O/c1-12-9-13(2)14(3)20(10-12)16-11-21-17-8-6-5-7-15(17)18(16)19-4/h5-8,12-14,16,18-19H,9-11H2,1-4H3. The highest BCUT2D eigenvalue weighted by atomic mass is 16.5. The Hall–Kier alpha value is -1.06. The second-order valence-corrected chi connectivity index (χ2v) is 6.94. The highest BCUT2D eigenvalue weighted by Gasteiger charge is 2.40. The summed E-state index contributed by atoms with van der Waals surface area (Å²) >= 11 is 0. The van der Waals surface area contributed by atoms with Crippen molar-refractivity contribution in [1.29, 1.82) is 0 Å². The molecule has 0 bridgehead atoms. The fraction of sp³-hybridized carbons (Fsp3) is 0.667. The Morgan fingerprint density at radius 1 is 1.19 bits per heavy atom. The molecule has 3 heteroatoms. The Balaban J connectivity index is 1.88. The minimum absolute atomic E-state index is 0.356. The van der Waals surface area contributed by atoms with E-state index >= 15 is 0 Å². The Morgan fingerprint density at radius 2 is 1.95 bits per heavy atom. The van der Waals surface area contributed by atoms with E-state index in [-0.39, 0.29) is 0 Å². The van der Waals surface area contributed by atoms with Crippen LogP contribution < -0.4 is 10.1 Å². The molecule has 1 N–H and O–H groups in total. The molecule has 1 saturated heterocycles. The molecule has 2 aliphatic rings. The van der Waals surface area contributed by atoms with Crippen LogP contribution in [0.1, 0.15) is 38.8 Å². The van der Waals surface area contributed by atoms with Gasteiger partial charge in [0.2, 0.25) is 0 Å². The molecule has 5 atom stereocenters. The van der Waals surface area contributed by atoms with E-state index in [1.54, 1.807) is 0 Å². The summed E-state index contributed by atoms with van der Waals surface area (Å²) in [5.74, 6) is 2.56. The van der Waals surface area contributed by atoms with Gasteiger partial charge in [-0.1, -0.05) is 32.0 Å². The van der Waals surface area contributed by atoms with Crippen molar-refractivity contribution in [2.24, 2.45) is 11.8 Å². The van der Waals surface area contributed by atoms with E-state index in [4.69, 9.17) is 4.74 Å². The molecule has 21 heavy (non-hydrogen) atoms. The predicted octanol–water partition coefficient (Wildman–Crippen LogP) is 3.07. The van der Waals surface area contributed by atoms with E-state index in [1.807, 2.05) is 0 Å². The third kappa shape index (κ3) is 2.69. The minimum atomic E-state index is 0.356. The lowest BCUT2D eigenvalue weighted by atomic mass is 9.83. The molecule has 1 aromatic rings. The summed E-state index contributed by atoms with van der Waals surface area (Å²) in [5.41, 5.74) is 1.30. The van der Waals surface area contributed by atoms with Gasteiger partial charge in [-0.2, -0.15) is 0 Å². The number of hydrogen-bond donors (Lipinski definition) is 1. The average molecular weight is 288 g/mol. The molecule has 0 amide bonds. The van der Waals surface area contributed by atoms with E-state index in [0.29, 0.717) is 18.1 Å². The number of hydrogen-bond acceptors (Lipinski definition) is 3.